The van der Waals surface area contributed by atoms with Crippen molar-refractivity contribution in [1.82, 2.24) is 20.5 Å². The van der Waals surface area contributed by atoms with E-state index in [1.54, 1.807) is 6.07 Å². The summed E-state index contributed by atoms with van der Waals surface area (Å²) in [4.78, 5) is 70.4. The van der Waals surface area contributed by atoms with Crippen LogP contribution in [0.1, 0.15) is 48.2 Å². The second-order valence-corrected chi connectivity index (χ2v) is 10.7. The predicted octanol–water partition coefficient (Wildman–Crippen LogP) is 2.53. The van der Waals surface area contributed by atoms with Crippen LogP contribution >= 0.6 is 0 Å². The molecule has 0 bridgehead atoms. The number of Topliss-reactive ketones (excluding diaryl/α,β-unsaturated/α-hetero) is 2. The number of rotatable bonds is 10. The van der Waals surface area contributed by atoms with E-state index in [1.165, 1.54) is 12.0 Å². The zero-order valence-electron chi connectivity index (χ0n) is 22.9. The van der Waals surface area contributed by atoms with E-state index in [-0.39, 0.29) is 43.7 Å². The number of methoxy groups -OCH3 is 1. The van der Waals surface area contributed by atoms with E-state index in [0.29, 0.717) is 25.0 Å². The van der Waals surface area contributed by atoms with E-state index in [2.05, 4.69) is 15.6 Å². The number of carbonyl (C=O) groups is 5. The van der Waals surface area contributed by atoms with Gasteiger partial charge in [0.15, 0.2) is 0 Å². The zero-order chi connectivity index (χ0) is 28.9. The molecule has 3 N–H and O–H groups in total. The number of aromatic nitrogens is 1. The van der Waals surface area contributed by atoms with Gasteiger partial charge in [0.05, 0.1) is 12.1 Å². The molecule has 5 rings (SSSR count). The Labute approximate surface area is 237 Å². The van der Waals surface area contributed by atoms with Crippen molar-refractivity contribution < 1.29 is 28.7 Å². The lowest BCUT2D eigenvalue weighted by atomic mass is 9.94. The van der Waals surface area contributed by atoms with Gasteiger partial charge in [-0.05, 0) is 37.0 Å². The Morgan fingerprint density at radius 3 is 2.54 bits per heavy atom. The van der Waals surface area contributed by atoms with Crippen LogP contribution in [0.15, 0.2) is 60.7 Å². The topological polar surface area (TPSA) is 138 Å². The molecule has 41 heavy (non-hydrogen) atoms. The molecular formula is C31H34N4O6. The van der Waals surface area contributed by atoms with Gasteiger partial charge in [-0.1, -0.05) is 48.5 Å². The molecule has 4 atom stereocenters. The van der Waals surface area contributed by atoms with Gasteiger partial charge in [0.1, 0.15) is 17.5 Å². The monoisotopic (exact) mass is 558 g/mol. The van der Waals surface area contributed by atoms with Crippen LogP contribution in [-0.2, 0) is 30.5 Å². The summed E-state index contributed by atoms with van der Waals surface area (Å²) in [5, 5.41) is 6.22. The number of nitrogens with one attached hydrogen (secondary N) is 3. The van der Waals surface area contributed by atoms with Gasteiger partial charge < -0.3 is 25.3 Å². The highest BCUT2D eigenvalue weighted by Crippen LogP contribution is 2.27. The number of hydrogen-bond donors (Lipinski definition) is 3. The molecule has 2 heterocycles. The number of likely N-dealkylation sites (tertiary alicyclic amines) is 1. The average Bonchev–Trinajstić information content (AvgIpc) is 3.73. The van der Waals surface area contributed by atoms with Gasteiger partial charge in [-0.15, -0.1) is 0 Å². The lowest BCUT2D eigenvalue weighted by Crippen LogP contribution is -2.54. The van der Waals surface area contributed by atoms with Gasteiger partial charge in [0.2, 0.25) is 11.7 Å². The summed E-state index contributed by atoms with van der Waals surface area (Å²) < 4.78 is 5.49. The van der Waals surface area contributed by atoms with E-state index >= 15 is 0 Å². The first-order chi connectivity index (χ1) is 19.8. The van der Waals surface area contributed by atoms with Gasteiger partial charge >= 0.3 is 0 Å². The number of hydrogen-bond acceptors (Lipinski definition) is 6. The molecule has 3 amide bonds. The van der Waals surface area contributed by atoms with Crippen molar-refractivity contribution in [2.45, 2.75) is 56.8 Å². The highest BCUT2D eigenvalue weighted by atomic mass is 16.5. The summed E-state index contributed by atoms with van der Waals surface area (Å²) in [5.41, 5.74) is 1.96. The number of carbonyl (C=O) groups excluding carboxylic acids is 5. The summed E-state index contributed by atoms with van der Waals surface area (Å²) in [5.74, 6) is -2.96. The molecule has 1 saturated heterocycles. The van der Waals surface area contributed by atoms with Crippen LogP contribution < -0.4 is 10.6 Å². The first kappa shape index (κ1) is 28.2. The van der Waals surface area contributed by atoms with Crippen LogP contribution in [0.3, 0.4) is 0 Å². The van der Waals surface area contributed by atoms with Crippen LogP contribution in [0.4, 0.5) is 0 Å². The maximum absolute atomic E-state index is 13.7. The number of fused-ring (bicyclic) bond motifs is 1. The highest BCUT2D eigenvalue weighted by Gasteiger charge is 2.42. The minimum atomic E-state index is -1.20. The molecule has 214 valence electrons. The minimum absolute atomic E-state index is 0.0256. The summed E-state index contributed by atoms with van der Waals surface area (Å²) in [7, 11) is 1.52. The average molecular weight is 559 g/mol. The molecule has 2 aromatic carbocycles. The van der Waals surface area contributed by atoms with Gasteiger partial charge in [0.25, 0.3) is 11.8 Å². The molecule has 0 spiro atoms. The van der Waals surface area contributed by atoms with Crippen LogP contribution in [0.25, 0.3) is 10.9 Å². The molecule has 3 aromatic rings. The lowest BCUT2D eigenvalue weighted by Gasteiger charge is -2.26. The number of nitrogens with zero attached hydrogens (tertiary/aromatic N) is 1. The third kappa shape index (κ3) is 6.38. The Bertz CT molecular complexity index is 1420. The minimum Gasteiger partial charge on any atom is -0.380 e. The fourth-order valence-corrected chi connectivity index (χ4v) is 5.73. The molecule has 2 fully saturated rings. The Balaban J connectivity index is 1.33. The fraction of sp³-hybridized carbons (Fsp3) is 0.387. The van der Waals surface area contributed by atoms with Crippen LogP contribution in [-0.4, -0.2) is 71.0 Å². The summed E-state index contributed by atoms with van der Waals surface area (Å²) >= 11 is 0. The quantitative estimate of drug-likeness (QED) is 0.327. The van der Waals surface area contributed by atoms with E-state index in [1.807, 2.05) is 54.6 Å². The number of benzene rings is 2. The van der Waals surface area contributed by atoms with Crippen molar-refractivity contribution in [3.8, 4) is 0 Å². The van der Waals surface area contributed by atoms with Crippen molar-refractivity contribution in [2.24, 2.45) is 5.92 Å². The van der Waals surface area contributed by atoms with E-state index in [4.69, 9.17) is 4.74 Å². The highest BCUT2D eigenvalue weighted by molar-refractivity contribution is 6.38. The third-order valence-electron chi connectivity index (χ3n) is 8.02. The molecule has 10 nitrogen and oxygen atoms in total. The fourth-order valence-electron chi connectivity index (χ4n) is 5.73. The van der Waals surface area contributed by atoms with Gasteiger partial charge in [-0.3, -0.25) is 24.0 Å². The lowest BCUT2D eigenvalue weighted by molar-refractivity contribution is -0.141. The predicted molar refractivity (Wildman–Crippen MR) is 151 cm³/mol. The first-order valence-corrected chi connectivity index (χ1v) is 13.9. The van der Waals surface area contributed by atoms with Gasteiger partial charge in [-0.25, -0.2) is 0 Å². The number of aromatic amines is 1. The number of H-pyrrole nitrogens is 1. The third-order valence-corrected chi connectivity index (χ3v) is 8.02. The summed E-state index contributed by atoms with van der Waals surface area (Å²) in [6.07, 6.45) is 1.63. The standard InChI is InChI=1S/C31H34N4O6/c1-41-22-16-26(35(18-22)31(40)25-14-20-10-5-6-12-23(20)33-25)29(38)34-24(15-21-11-7-13-27(21)36)28(37)30(39)32-17-19-8-3-2-4-9-19/h2-6,8-10,12,14,21-22,24,26,33H,7,11,13,15-18H2,1H3,(H,32,39)(H,34,38). The summed E-state index contributed by atoms with van der Waals surface area (Å²) in [6.45, 7) is 0.347. The van der Waals surface area contributed by atoms with Crippen molar-refractivity contribution in [3.63, 3.8) is 0 Å². The number of ether oxygens (including phenoxy) is 1. The van der Waals surface area contributed by atoms with E-state index < -0.39 is 35.6 Å². The molecule has 0 radical (unpaired) electrons. The van der Waals surface area contributed by atoms with E-state index in [0.717, 1.165) is 16.5 Å². The maximum Gasteiger partial charge on any atom is 0.289 e. The molecule has 1 aliphatic heterocycles. The maximum atomic E-state index is 13.7. The molecule has 1 saturated carbocycles. The molecule has 4 unspecified atom stereocenters. The summed E-state index contributed by atoms with van der Waals surface area (Å²) in [6, 6.07) is 16.3. The second-order valence-electron chi connectivity index (χ2n) is 10.7. The van der Waals surface area contributed by atoms with Gasteiger partial charge in [0, 0.05) is 49.9 Å². The number of para-hydroxylation sites is 1. The van der Waals surface area contributed by atoms with Crippen LogP contribution in [0.5, 0.6) is 0 Å². The van der Waals surface area contributed by atoms with Crippen molar-refractivity contribution in [3.05, 3.63) is 71.9 Å². The largest absolute Gasteiger partial charge is 0.380 e. The first-order valence-electron chi connectivity index (χ1n) is 13.9. The Morgan fingerprint density at radius 1 is 1.07 bits per heavy atom. The Hall–Kier alpha value is -4.31. The molecule has 1 aliphatic carbocycles. The second kappa shape index (κ2) is 12.5. The number of amides is 3. The smallest absolute Gasteiger partial charge is 0.289 e. The number of ketones is 2. The molecular weight excluding hydrogens is 524 g/mol. The van der Waals surface area contributed by atoms with Crippen LogP contribution in [0.2, 0.25) is 0 Å². The molecule has 1 aromatic heterocycles. The molecule has 2 aliphatic rings. The van der Waals surface area contributed by atoms with Crippen molar-refractivity contribution >= 4 is 40.2 Å². The van der Waals surface area contributed by atoms with Crippen LogP contribution in [0, 0.1) is 5.92 Å². The molecule has 10 heteroatoms. The van der Waals surface area contributed by atoms with Crippen molar-refractivity contribution in [2.75, 3.05) is 13.7 Å². The Morgan fingerprint density at radius 2 is 1.83 bits per heavy atom. The van der Waals surface area contributed by atoms with E-state index in [9.17, 15) is 24.0 Å². The normalized spacial score (nSPS) is 21.1. The SMILES string of the molecule is COC1CC(C(=O)NC(CC2CCCC2=O)C(=O)C(=O)NCc2ccccc2)N(C(=O)c2cc3ccccc3[nH]2)C1. The Kier molecular flexibility index (Phi) is 8.58. The zero-order valence-corrected chi connectivity index (χ0v) is 22.9. The van der Waals surface area contributed by atoms with Gasteiger partial charge in [-0.2, -0.15) is 0 Å². The van der Waals surface area contributed by atoms with Crippen molar-refractivity contribution in [1.29, 1.82) is 0 Å².